The first kappa shape index (κ1) is 15.6. The minimum Gasteiger partial charge on any atom is -0.327 e. The van der Waals surface area contributed by atoms with Crippen LogP contribution in [0.25, 0.3) is 11.0 Å². The number of H-pyrrole nitrogens is 1. The van der Waals surface area contributed by atoms with Crippen LogP contribution in [0.1, 0.15) is 35.9 Å². The Labute approximate surface area is 146 Å². The van der Waals surface area contributed by atoms with Crippen LogP contribution in [0.2, 0.25) is 0 Å². The van der Waals surface area contributed by atoms with Gasteiger partial charge in [0.05, 0.1) is 35.6 Å². The summed E-state index contributed by atoms with van der Waals surface area (Å²) in [6.45, 7) is 3.41. The van der Waals surface area contributed by atoms with E-state index in [1.165, 1.54) is 0 Å². The van der Waals surface area contributed by atoms with Crippen LogP contribution < -0.4 is 0 Å². The number of nitrogens with zero attached hydrogens (tertiary/aromatic N) is 4. The summed E-state index contributed by atoms with van der Waals surface area (Å²) in [4.78, 5) is 19.0. The van der Waals surface area contributed by atoms with Crippen molar-refractivity contribution in [2.75, 3.05) is 6.54 Å². The highest BCUT2D eigenvalue weighted by atomic mass is 16.2. The zero-order chi connectivity index (χ0) is 17.2. The Morgan fingerprint density at radius 1 is 1.36 bits per heavy atom. The molecule has 0 radical (unpaired) electrons. The molecule has 0 unspecified atom stereocenters. The van der Waals surface area contributed by atoms with Crippen molar-refractivity contribution in [3.05, 3.63) is 60.2 Å². The van der Waals surface area contributed by atoms with Crippen LogP contribution in [-0.2, 0) is 6.54 Å². The fourth-order valence-electron chi connectivity index (χ4n) is 3.37. The normalized spacial score (nSPS) is 16.8. The Bertz CT molecular complexity index is 923. The van der Waals surface area contributed by atoms with Gasteiger partial charge in [0.25, 0.3) is 5.91 Å². The van der Waals surface area contributed by atoms with E-state index >= 15 is 0 Å². The van der Waals surface area contributed by atoms with Gasteiger partial charge in [-0.3, -0.25) is 9.89 Å². The highest BCUT2D eigenvalue weighted by Gasteiger charge is 2.26. The number of rotatable bonds is 5. The van der Waals surface area contributed by atoms with Gasteiger partial charge in [0.15, 0.2) is 5.69 Å². The van der Waals surface area contributed by atoms with Gasteiger partial charge in [-0.05, 0) is 24.6 Å². The first-order valence-corrected chi connectivity index (χ1v) is 8.68. The van der Waals surface area contributed by atoms with Crippen molar-refractivity contribution in [3.63, 3.8) is 0 Å². The average Bonchev–Trinajstić information content (AvgIpc) is 3.36. The lowest BCUT2D eigenvalue weighted by Crippen LogP contribution is -2.36. The Balaban J connectivity index is 1.51. The number of carbonyl (C=O) groups excluding carboxylic acids is 1. The number of hydrogen-bond donors (Lipinski definition) is 1. The van der Waals surface area contributed by atoms with Gasteiger partial charge in [0.2, 0.25) is 0 Å². The van der Waals surface area contributed by atoms with Gasteiger partial charge in [-0.15, -0.1) is 0 Å². The molecule has 1 aliphatic heterocycles. The lowest BCUT2D eigenvalue weighted by Gasteiger charge is -2.23. The summed E-state index contributed by atoms with van der Waals surface area (Å²) in [5.41, 5.74) is 3.40. The van der Waals surface area contributed by atoms with Gasteiger partial charge in [-0.25, -0.2) is 4.98 Å². The molecule has 25 heavy (non-hydrogen) atoms. The van der Waals surface area contributed by atoms with E-state index in [2.05, 4.69) is 38.8 Å². The second-order valence-electron chi connectivity index (χ2n) is 6.38. The zero-order valence-corrected chi connectivity index (χ0v) is 14.2. The predicted molar refractivity (Wildman–Crippen MR) is 96.3 cm³/mol. The third-order valence-corrected chi connectivity index (χ3v) is 4.62. The van der Waals surface area contributed by atoms with Crippen LogP contribution in [0.15, 0.2) is 48.8 Å². The van der Waals surface area contributed by atoms with Crippen molar-refractivity contribution in [3.8, 4) is 0 Å². The summed E-state index contributed by atoms with van der Waals surface area (Å²) < 4.78 is 2.05. The summed E-state index contributed by atoms with van der Waals surface area (Å²) in [5.74, 6) is -0.0126. The molecule has 0 saturated heterocycles. The molecular formula is C19H21N5O. The van der Waals surface area contributed by atoms with Gasteiger partial charge >= 0.3 is 0 Å². The van der Waals surface area contributed by atoms with Crippen LogP contribution in [0.5, 0.6) is 0 Å². The van der Waals surface area contributed by atoms with E-state index in [0.717, 1.165) is 29.6 Å². The first-order valence-electron chi connectivity index (χ1n) is 8.68. The SMILES string of the molecule is CCC[C@@H]1C=CCN1C(=O)c1cc(Cn2cnc3ccccc32)[nH]n1. The van der Waals surface area contributed by atoms with E-state index in [1.807, 2.05) is 41.6 Å². The average molecular weight is 335 g/mol. The second kappa shape index (κ2) is 6.55. The summed E-state index contributed by atoms with van der Waals surface area (Å²) in [6.07, 6.45) is 8.03. The lowest BCUT2D eigenvalue weighted by atomic mass is 10.1. The number of aromatic amines is 1. The molecule has 0 fully saturated rings. The molecule has 1 atom stereocenters. The van der Waals surface area contributed by atoms with E-state index in [1.54, 1.807) is 0 Å². The predicted octanol–water partition coefficient (Wildman–Crippen LogP) is 2.99. The Morgan fingerprint density at radius 3 is 3.12 bits per heavy atom. The molecule has 1 N–H and O–H groups in total. The van der Waals surface area contributed by atoms with Crippen molar-refractivity contribution < 1.29 is 4.79 Å². The molecule has 1 aliphatic rings. The molecule has 128 valence electrons. The Kier molecular flexibility index (Phi) is 4.09. The number of fused-ring (bicyclic) bond motifs is 1. The molecular weight excluding hydrogens is 314 g/mol. The van der Waals surface area contributed by atoms with Gasteiger partial charge in [0, 0.05) is 6.54 Å². The van der Waals surface area contributed by atoms with Gasteiger partial charge in [-0.1, -0.05) is 37.6 Å². The Morgan fingerprint density at radius 2 is 2.24 bits per heavy atom. The molecule has 0 bridgehead atoms. The van der Waals surface area contributed by atoms with Crippen molar-refractivity contribution >= 4 is 16.9 Å². The number of hydrogen-bond acceptors (Lipinski definition) is 3. The maximum atomic E-state index is 12.7. The molecule has 0 spiro atoms. The largest absolute Gasteiger partial charge is 0.327 e. The summed E-state index contributed by atoms with van der Waals surface area (Å²) in [6, 6.07) is 10.0. The van der Waals surface area contributed by atoms with E-state index in [9.17, 15) is 4.79 Å². The highest BCUT2D eigenvalue weighted by Crippen LogP contribution is 2.19. The monoisotopic (exact) mass is 335 g/mol. The number of para-hydroxylation sites is 2. The first-order chi connectivity index (χ1) is 12.3. The lowest BCUT2D eigenvalue weighted by molar-refractivity contribution is 0.0738. The van der Waals surface area contributed by atoms with Crippen molar-refractivity contribution in [2.45, 2.75) is 32.4 Å². The number of carbonyl (C=O) groups is 1. The molecule has 1 amide bonds. The number of aromatic nitrogens is 4. The third kappa shape index (κ3) is 2.95. The Hall–Kier alpha value is -2.89. The molecule has 0 saturated carbocycles. The summed E-state index contributed by atoms with van der Waals surface area (Å²) in [7, 11) is 0. The maximum Gasteiger partial charge on any atom is 0.275 e. The maximum absolute atomic E-state index is 12.7. The molecule has 2 aromatic heterocycles. The van der Waals surface area contributed by atoms with Crippen LogP contribution in [0, 0.1) is 0 Å². The van der Waals surface area contributed by atoms with Gasteiger partial charge in [-0.2, -0.15) is 5.10 Å². The minimum absolute atomic E-state index is 0.0126. The van der Waals surface area contributed by atoms with E-state index in [0.29, 0.717) is 18.8 Å². The summed E-state index contributed by atoms with van der Waals surface area (Å²) >= 11 is 0. The van der Waals surface area contributed by atoms with Crippen molar-refractivity contribution in [1.82, 2.24) is 24.6 Å². The minimum atomic E-state index is -0.0126. The zero-order valence-electron chi connectivity index (χ0n) is 14.2. The van der Waals surface area contributed by atoms with Crippen LogP contribution in [0.4, 0.5) is 0 Å². The van der Waals surface area contributed by atoms with Crippen LogP contribution in [0.3, 0.4) is 0 Å². The fraction of sp³-hybridized carbons (Fsp3) is 0.316. The third-order valence-electron chi connectivity index (χ3n) is 4.62. The van der Waals surface area contributed by atoms with Crippen LogP contribution >= 0.6 is 0 Å². The standard InChI is InChI=1S/C19H21N5O/c1-2-6-15-7-5-10-24(15)19(25)17-11-14(21-22-17)12-23-13-20-16-8-3-4-9-18(16)23/h3-5,7-9,11,13,15H,2,6,10,12H2,1H3,(H,21,22)/t15-/m1/s1. The number of nitrogens with one attached hydrogen (secondary N) is 1. The number of imidazole rings is 1. The smallest absolute Gasteiger partial charge is 0.275 e. The van der Waals surface area contributed by atoms with E-state index in [4.69, 9.17) is 0 Å². The van der Waals surface area contributed by atoms with Crippen molar-refractivity contribution in [1.29, 1.82) is 0 Å². The van der Waals surface area contributed by atoms with Gasteiger partial charge < -0.3 is 9.47 Å². The topological polar surface area (TPSA) is 66.8 Å². The number of benzene rings is 1. The summed E-state index contributed by atoms with van der Waals surface area (Å²) in [5, 5.41) is 7.23. The quantitative estimate of drug-likeness (QED) is 0.729. The molecule has 1 aromatic carbocycles. The van der Waals surface area contributed by atoms with E-state index in [-0.39, 0.29) is 11.9 Å². The second-order valence-corrected chi connectivity index (χ2v) is 6.38. The highest BCUT2D eigenvalue weighted by molar-refractivity contribution is 5.93. The molecule has 6 nitrogen and oxygen atoms in total. The van der Waals surface area contributed by atoms with Gasteiger partial charge in [0.1, 0.15) is 0 Å². The van der Waals surface area contributed by atoms with Crippen LogP contribution in [-0.4, -0.2) is 43.1 Å². The molecule has 3 aromatic rings. The molecule has 4 rings (SSSR count). The number of amides is 1. The molecule has 3 heterocycles. The molecule has 6 heteroatoms. The van der Waals surface area contributed by atoms with Crippen molar-refractivity contribution in [2.24, 2.45) is 0 Å². The van der Waals surface area contributed by atoms with E-state index < -0.39 is 0 Å². The molecule has 0 aliphatic carbocycles. The fourth-order valence-corrected chi connectivity index (χ4v) is 3.37.